The number of benzene rings is 2. The normalized spacial score (nSPS) is 18.8. The van der Waals surface area contributed by atoms with Crippen LogP contribution in [0.5, 0.6) is 0 Å². The largest absolute Gasteiger partial charge is 0.378 e. The van der Waals surface area contributed by atoms with E-state index in [4.69, 9.17) is 9.84 Å². The number of rotatable bonds is 2. The van der Waals surface area contributed by atoms with E-state index in [-0.39, 0.29) is 6.17 Å². The molecule has 0 bridgehead atoms. The van der Waals surface area contributed by atoms with Crippen molar-refractivity contribution < 1.29 is 4.74 Å². The first-order chi connectivity index (χ1) is 12.8. The maximum Gasteiger partial charge on any atom is 0.147 e. The highest BCUT2D eigenvalue weighted by atomic mass is 16.5. The molecule has 0 saturated carbocycles. The van der Waals surface area contributed by atoms with E-state index in [1.165, 1.54) is 22.5 Å². The van der Waals surface area contributed by atoms with Gasteiger partial charge in [0.25, 0.3) is 0 Å². The summed E-state index contributed by atoms with van der Waals surface area (Å²) in [5.74, 6) is 0. The van der Waals surface area contributed by atoms with E-state index in [1.54, 1.807) is 0 Å². The van der Waals surface area contributed by atoms with Gasteiger partial charge in [0.05, 0.1) is 24.6 Å². The van der Waals surface area contributed by atoms with E-state index in [0.29, 0.717) is 0 Å². The first kappa shape index (κ1) is 15.5. The molecule has 132 valence electrons. The number of ether oxygens (including phenoxy) is 1. The number of morpholine rings is 1. The molecule has 0 radical (unpaired) electrons. The number of hydrogen-bond donors (Lipinski definition) is 1. The molecule has 1 N–H and O–H groups in total. The number of para-hydroxylation sites is 1. The van der Waals surface area contributed by atoms with Crippen LogP contribution in [0.2, 0.25) is 0 Å². The van der Waals surface area contributed by atoms with Crippen molar-refractivity contribution >= 4 is 11.4 Å². The van der Waals surface area contributed by atoms with Gasteiger partial charge in [-0.2, -0.15) is 5.10 Å². The summed E-state index contributed by atoms with van der Waals surface area (Å²) in [6.45, 7) is 5.57. The van der Waals surface area contributed by atoms with Gasteiger partial charge in [-0.05, 0) is 36.8 Å². The zero-order valence-electron chi connectivity index (χ0n) is 14.9. The Labute approximate surface area is 153 Å². The summed E-state index contributed by atoms with van der Waals surface area (Å²) in [6, 6.07) is 19.4. The van der Waals surface area contributed by atoms with Gasteiger partial charge in [0.1, 0.15) is 6.17 Å². The Morgan fingerprint density at radius 1 is 1.04 bits per heavy atom. The lowest BCUT2D eigenvalue weighted by Gasteiger charge is -2.31. The van der Waals surface area contributed by atoms with E-state index in [1.807, 2.05) is 6.92 Å². The number of anilines is 2. The minimum absolute atomic E-state index is 0.00680. The quantitative estimate of drug-likeness (QED) is 0.769. The summed E-state index contributed by atoms with van der Waals surface area (Å²) >= 11 is 0. The molecule has 0 aliphatic carbocycles. The molecular formula is C21H22N4O. The predicted octanol–water partition coefficient (Wildman–Crippen LogP) is 3.67. The minimum atomic E-state index is 0.00680. The van der Waals surface area contributed by atoms with Crippen LogP contribution in [-0.2, 0) is 4.74 Å². The van der Waals surface area contributed by atoms with E-state index in [9.17, 15) is 0 Å². The standard InChI is InChI=1S/C21H22N4O/c1-15-14-20-18-4-2-3-5-19(18)22-21(25(20)23-15)16-6-8-17(9-7-16)24-10-12-26-13-11-24/h2-9,14,21-22H,10-13H2,1H3/t21-/m1/s1. The topological polar surface area (TPSA) is 42.3 Å². The van der Waals surface area contributed by atoms with Crippen molar-refractivity contribution in [2.45, 2.75) is 13.1 Å². The van der Waals surface area contributed by atoms with Crippen molar-refractivity contribution in [1.82, 2.24) is 9.78 Å². The lowest BCUT2D eigenvalue weighted by atomic mass is 10.0. The van der Waals surface area contributed by atoms with Crippen LogP contribution < -0.4 is 10.2 Å². The Hall–Kier alpha value is -2.79. The van der Waals surface area contributed by atoms with Crippen LogP contribution in [0.3, 0.4) is 0 Å². The molecule has 5 rings (SSSR count). The lowest BCUT2D eigenvalue weighted by Crippen LogP contribution is -2.36. The van der Waals surface area contributed by atoms with Crippen molar-refractivity contribution in [3.63, 3.8) is 0 Å². The fourth-order valence-electron chi connectivity index (χ4n) is 3.87. The average Bonchev–Trinajstić information content (AvgIpc) is 3.10. The van der Waals surface area contributed by atoms with Gasteiger partial charge in [0, 0.05) is 30.0 Å². The van der Waals surface area contributed by atoms with E-state index in [2.05, 4.69) is 69.5 Å². The highest BCUT2D eigenvalue weighted by Crippen LogP contribution is 2.38. The van der Waals surface area contributed by atoms with Gasteiger partial charge >= 0.3 is 0 Å². The third-order valence-corrected chi connectivity index (χ3v) is 5.18. The lowest BCUT2D eigenvalue weighted by molar-refractivity contribution is 0.122. The molecule has 1 aromatic heterocycles. The van der Waals surface area contributed by atoms with Gasteiger partial charge in [-0.15, -0.1) is 0 Å². The maximum absolute atomic E-state index is 5.45. The van der Waals surface area contributed by atoms with Gasteiger partial charge in [-0.3, -0.25) is 0 Å². The molecule has 1 saturated heterocycles. The molecule has 2 aliphatic heterocycles. The Morgan fingerprint density at radius 3 is 2.62 bits per heavy atom. The Morgan fingerprint density at radius 2 is 1.81 bits per heavy atom. The molecule has 1 fully saturated rings. The third-order valence-electron chi connectivity index (χ3n) is 5.18. The molecule has 0 unspecified atom stereocenters. The smallest absolute Gasteiger partial charge is 0.147 e. The average molecular weight is 346 g/mol. The molecule has 26 heavy (non-hydrogen) atoms. The second-order valence-corrected chi connectivity index (χ2v) is 6.90. The Bertz CT molecular complexity index is 925. The molecule has 5 heteroatoms. The summed E-state index contributed by atoms with van der Waals surface area (Å²) in [4.78, 5) is 2.38. The van der Waals surface area contributed by atoms with Gasteiger partial charge in [0.15, 0.2) is 0 Å². The molecule has 0 amide bonds. The SMILES string of the molecule is Cc1cc2n(n1)[C@H](c1ccc(N3CCOCC3)cc1)Nc1ccccc1-2. The number of hydrogen-bond acceptors (Lipinski definition) is 4. The summed E-state index contributed by atoms with van der Waals surface area (Å²) in [6.07, 6.45) is 0.00680. The molecule has 3 aromatic rings. The van der Waals surface area contributed by atoms with Crippen LogP contribution in [0.1, 0.15) is 17.4 Å². The number of nitrogens with zero attached hydrogens (tertiary/aromatic N) is 3. The summed E-state index contributed by atoms with van der Waals surface area (Å²) in [5.41, 5.74) is 7.02. The molecule has 2 aromatic carbocycles. The van der Waals surface area contributed by atoms with Crippen LogP contribution in [-0.4, -0.2) is 36.1 Å². The first-order valence-corrected chi connectivity index (χ1v) is 9.14. The number of nitrogens with one attached hydrogen (secondary N) is 1. The van der Waals surface area contributed by atoms with Gasteiger partial charge in [-0.25, -0.2) is 4.68 Å². The monoisotopic (exact) mass is 346 g/mol. The van der Waals surface area contributed by atoms with E-state index < -0.39 is 0 Å². The van der Waals surface area contributed by atoms with Crippen LogP contribution in [0, 0.1) is 6.92 Å². The van der Waals surface area contributed by atoms with Crippen LogP contribution in [0.4, 0.5) is 11.4 Å². The van der Waals surface area contributed by atoms with E-state index >= 15 is 0 Å². The van der Waals surface area contributed by atoms with Crippen LogP contribution in [0.15, 0.2) is 54.6 Å². The fourth-order valence-corrected chi connectivity index (χ4v) is 3.87. The Kier molecular flexibility index (Phi) is 3.68. The predicted molar refractivity (Wildman–Crippen MR) is 104 cm³/mol. The van der Waals surface area contributed by atoms with Gasteiger partial charge in [0.2, 0.25) is 0 Å². The highest BCUT2D eigenvalue weighted by molar-refractivity contribution is 5.78. The zero-order valence-corrected chi connectivity index (χ0v) is 14.9. The number of aromatic nitrogens is 2. The van der Waals surface area contributed by atoms with Gasteiger partial charge < -0.3 is 15.0 Å². The second-order valence-electron chi connectivity index (χ2n) is 6.90. The molecule has 3 heterocycles. The second kappa shape index (κ2) is 6.18. The number of fused-ring (bicyclic) bond motifs is 3. The van der Waals surface area contributed by atoms with Crippen molar-refractivity contribution in [3.05, 3.63) is 65.9 Å². The molecule has 5 nitrogen and oxygen atoms in total. The minimum Gasteiger partial charge on any atom is -0.378 e. The Balaban J connectivity index is 1.50. The number of aryl methyl sites for hydroxylation is 1. The van der Waals surface area contributed by atoms with Crippen molar-refractivity contribution in [1.29, 1.82) is 0 Å². The van der Waals surface area contributed by atoms with Crippen LogP contribution in [0.25, 0.3) is 11.3 Å². The summed E-state index contributed by atoms with van der Waals surface area (Å²) in [7, 11) is 0. The summed E-state index contributed by atoms with van der Waals surface area (Å²) in [5, 5.41) is 8.40. The first-order valence-electron chi connectivity index (χ1n) is 9.14. The van der Waals surface area contributed by atoms with Gasteiger partial charge in [-0.1, -0.05) is 30.3 Å². The van der Waals surface area contributed by atoms with Crippen molar-refractivity contribution in [3.8, 4) is 11.3 Å². The molecule has 0 spiro atoms. The van der Waals surface area contributed by atoms with E-state index in [0.717, 1.165) is 37.7 Å². The highest BCUT2D eigenvalue weighted by Gasteiger charge is 2.26. The molecular weight excluding hydrogens is 324 g/mol. The van der Waals surface area contributed by atoms with Crippen LogP contribution >= 0.6 is 0 Å². The van der Waals surface area contributed by atoms with Crippen molar-refractivity contribution in [2.75, 3.05) is 36.5 Å². The maximum atomic E-state index is 5.45. The third kappa shape index (κ3) is 2.56. The fraction of sp³-hybridized carbons (Fsp3) is 0.286. The molecule has 2 aliphatic rings. The summed E-state index contributed by atoms with van der Waals surface area (Å²) < 4.78 is 7.55. The molecule has 1 atom stereocenters. The zero-order chi connectivity index (χ0) is 17.5. The van der Waals surface area contributed by atoms with Crippen molar-refractivity contribution in [2.24, 2.45) is 0 Å².